The number of benzene rings is 1. The minimum atomic E-state index is -0.182. The molecule has 3 heteroatoms. The molecule has 2 nitrogen and oxygen atoms in total. The largest absolute Gasteiger partial charge is 0.490 e. The van der Waals surface area contributed by atoms with Crippen LogP contribution in [-0.2, 0) is 0 Å². The minimum absolute atomic E-state index is 0.0274. The Bertz CT molecular complexity index is 463. The maximum atomic E-state index is 14.2. The van der Waals surface area contributed by atoms with Crippen molar-refractivity contribution in [2.75, 3.05) is 6.54 Å². The zero-order valence-electron chi connectivity index (χ0n) is 13.7. The molecule has 1 fully saturated rings. The summed E-state index contributed by atoms with van der Waals surface area (Å²) < 4.78 is 20.2. The van der Waals surface area contributed by atoms with Crippen LogP contribution in [0.3, 0.4) is 0 Å². The Labute approximate surface area is 128 Å². The minimum Gasteiger partial charge on any atom is -0.490 e. The number of ether oxygens (including phenoxy) is 1. The van der Waals surface area contributed by atoms with E-state index in [4.69, 9.17) is 4.74 Å². The van der Waals surface area contributed by atoms with E-state index in [0.717, 1.165) is 25.3 Å². The van der Waals surface area contributed by atoms with Gasteiger partial charge in [0.2, 0.25) is 0 Å². The average molecular weight is 293 g/mol. The topological polar surface area (TPSA) is 21.3 Å². The van der Waals surface area contributed by atoms with Crippen molar-refractivity contribution in [3.63, 3.8) is 0 Å². The zero-order valence-corrected chi connectivity index (χ0v) is 13.7. The number of rotatable bonds is 5. The van der Waals surface area contributed by atoms with Gasteiger partial charge < -0.3 is 10.1 Å². The average Bonchev–Trinajstić information content (AvgIpc) is 2.43. The van der Waals surface area contributed by atoms with Crippen molar-refractivity contribution in [3.05, 3.63) is 29.6 Å². The van der Waals surface area contributed by atoms with Crippen LogP contribution in [0, 0.1) is 17.7 Å². The lowest BCUT2D eigenvalue weighted by atomic mass is 9.80. The van der Waals surface area contributed by atoms with E-state index in [1.54, 1.807) is 0 Å². The first-order chi connectivity index (χ1) is 10.0. The molecule has 0 bridgehead atoms. The van der Waals surface area contributed by atoms with Gasteiger partial charge in [-0.05, 0) is 50.6 Å². The maximum Gasteiger partial charge on any atom is 0.131 e. The van der Waals surface area contributed by atoms with Gasteiger partial charge in [-0.25, -0.2) is 4.39 Å². The van der Waals surface area contributed by atoms with Crippen molar-refractivity contribution in [1.82, 2.24) is 5.32 Å². The van der Waals surface area contributed by atoms with Crippen LogP contribution < -0.4 is 10.1 Å². The van der Waals surface area contributed by atoms with Crippen molar-refractivity contribution < 1.29 is 9.13 Å². The molecular weight excluding hydrogens is 265 g/mol. The Morgan fingerprint density at radius 2 is 2.05 bits per heavy atom. The van der Waals surface area contributed by atoms with Gasteiger partial charge in [-0.2, -0.15) is 0 Å². The first-order valence-corrected chi connectivity index (χ1v) is 8.20. The molecule has 1 aliphatic carbocycles. The van der Waals surface area contributed by atoms with Crippen molar-refractivity contribution >= 4 is 0 Å². The lowest BCUT2D eigenvalue weighted by molar-refractivity contribution is 0.100. The lowest BCUT2D eigenvalue weighted by Gasteiger charge is -2.32. The van der Waals surface area contributed by atoms with Crippen LogP contribution in [0.15, 0.2) is 18.2 Å². The summed E-state index contributed by atoms with van der Waals surface area (Å²) in [4.78, 5) is 0. The van der Waals surface area contributed by atoms with E-state index in [-0.39, 0.29) is 18.0 Å². The Morgan fingerprint density at radius 1 is 1.29 bits per heavy atom. The molecule has 118 valence electrons. The zero-order chi connectivity index (χ0) is 15.4. The molecule has 4 atom stereocenters. The molecule has 1 aromatic rings. The highest BCUT2D eigenvalue weighted by atomic mass is 19.1. The van der Waals surface area contributed by atoms with E-state index in [1.165, 1.54) is 12.5 Å². The predicted molar refractivity (Wildman–Crippen MR) is 85.1 cm³/mol. The molecular formula is C18H28FNO. The maximum absolute atomic E-state index is 14.2. The highest BCUT2D eigenvalue weighted by molar-refractivity contribution is 5.30. The second kappa shape index (κ2) is 7.26. The third kappa shape index (κ3) is 4.19. The Hall–Kier alpha value is -1.09. The molecule has 1 saturated carbocycles. The lowest BCUT2D eigenvalue weighted by Crippen LogP contribution is -2.28. The SMILES string of the molecule is CCNC(C)c1ccc(OC2CCC(C)C(C)C2)cc1F. The fourth-order valence-electron chi connectivity index (χ4n) is 3.15. The van der Waals surface area contributed by atoms with Crippen molar-refractivity contribution in [2.24, 2.45) is 11.8 Å². The van der Waals surface area contributed by atoms with Crippen molar-refractivity contribution in [2.45, 2.75) is 59.1 Å². The van der Waals surface area contributed by atoms with Crippen LogP contribution in [0.4, 0.5) is 4.39 Å². The van der Waals surface area contributed by atoms with E-state index in [9.17, 15) is 4.39 Å². The summed E-state index contributed by atoms with van der Waals surface area (Å²) in [7, 11) is 0. The molecule has 4 unspecified atom stereocenters. The highest BCUT2D eigenvalue weighted by Gasteiger charge is 2.26. The molecule has 0 aliphatic heterocycles. The van der Waals surface area contributed by atoms with Gasteiger partial charge in [0.15, 0.2) is 0 Å². The molecule has 1 N–H and O–H groups in total. The predicted octanol–water partition coefficient (Wildman–Crippen LogP) is 4.70. The monoisotopic (exact) mass is 293 g/mol. The van der Waals surface area contributed by atoms with Crippen molar-refractivity contribution in [3.8, 4) is 5.75 Å². The number of nitrogens with one attached hydrogen (secondary N) is 1. The van der Waals surface area contributed by atoms with Gasteiger partial charge in [-0.1, -0.05) is 26.8 Å². The van der Waals surface area contributed by atoms with Gasteiger partial charge in [0, 0.05) is 17.7 Å². The van der Waals surface area contributed by atoms with Gasteiger partial charge >= 0.3 is 0 Å². The number of hydrogen-bond donors (Lipinski definition) is 1. The molecule has 0 saturated heterocycles. The molecule has 0 aromatic heterocycles. The standard InChI is InChI=1S/C18H28FNO/c1-5-20-14(4)17-9-8-16(11-18(17)19)21-15-7-6-12(2)13(3)10-15/h8-9,11-15,20H,5-7,10H2,1-4H3. The summed E-state index contributed by atoms with van der Waals surface area (Å²) >= 11 is 0. The molecule has 1 aliphatic rings. The summed E-state index contributed by atoms with van der Waals surface area (Å²) in [6, 6.07) is 5.30. The first kappa shape index (κ1) is 16.3. The Kier molecular flexibility index (Phi) is 5.63. The Morgan fingerprint density at radius 3 is 2.67 bits per heavy atom. The van der Waals surface area contributed by atoms with Gasteiger partial charge in [0.1, 0.15) is 11.6 Å². The molecule has 0 radical (unpaired) electrons. The summed E-state index contributed by atoms with van der Waals surface area (Å²) in [6.07, 6.45) is 3.57. The van der Waals surface area contributed by atoms with Crippen molar-refractivity contribution in [1.29, 1.82) is 0 Å². The summed E-state index contributed by atoms with van der Waals surface area (Å²) in [5.74, 6) is 1.93. The van der Waals surface area contributed by atoms with Crippen LogP contribution in [0.25, 0.3) is 0 Å². The van der Waals surface area contributed by atoms with Crippen LogP contribution >= 0.6 is 0 Å². The van der Waals surface area contributed by atoms with Gasteiger partial charge in [-0.3, -0.25) is 0 Å². The van der Waals surface area contributed by atoms with E-state index < -0.39 is 0 Å². The normalized spacial score (nSPS) is 27.4. The molecule has 0 heterocycles. The van der Waals surface area contributed by atoms with Crippen LogP contribution in [0.5, 0.6) is 5.75 Å². The molecule has 0 spiro atoms. The summed E-state index contributed by atoms with van der Waals surface area (Å²) in [6.45, 7) is 9.42. The smallest absolute Gasteiger partial charge is 0.131 e. The van der Waals surface area contributed by atoms with Crippen LogP contribution in [-0.4, -0.2) is 12.6 Å². The fraction of sp³-hybridized carbons (Fsp3) is 0.667. The molecule has 1 aromatic carbocycles. The number of halogens is 1. The molecule has 0 amide bonds. The Balaban J connectivity index is 2.00. The van der Waals surface area contributed by atoms with E-state index in [0.29, 0.717) is 17.2 Å². The summed E-state index contributed by atoms with van der Waals surface area (Å²) in [5.41, 5.74) is 0.704. The van der Waals surface area contributed by atoms with E-state index in [1.807, 2.05) is 26.0 Å². The third-order valence-corrected chi connectivity index (χ3v) is 4.80. The second-order valence-electron chi connectivity index (χ2n) is 6.47. The van der Waals surface area contributed by atoms with Gasteiger partial charge in [0.05, 0.1) is 6.10 Å². The van der Waals surface area contributed by atoms with Crippen LogP contribution in [0.1, 0.15) is 58.6 Å². The third-order valence-electron chi connectivity index (χ3n) is 4.80. The van der Waals surface area contributed by atoms with E-state index in [2.05, 4.69) is 19.2 Å². The van der Waals surface area contributed by atoms with Crippen LogP contribution in [0.2, 0.25) is 0 Å². The molecule has 2 rings (SSSR count). The van der Waals surface area contributed by atoms with E-state index >= 15 is 0 Å². The first-order valence-electron chi connectivity index (χ1n) is 8.20. The van der Waals surface area contributed by atoms with Gasteiger partial charge in [-0.15, -0.1) is 0 Å². The fourth-order valence-corrected chi connectivity index (χ4v) is 3.15. The second-order valence-corrected chi connectivity index (χ2v) is 6.47. The summed E-state index contributed by atoms with van der Waals surface area (Å²) in [5, 5.41) is 3.23. The van der Waals surface area contributed by atoms with Gasteiger partial charge in [0.25, 0.3) is 0 Å². The quantitative estimate of drug-likeness (QED) is 0.849. The highest BCUT2D eigenvalue weighted by Crippen LogP contribution is 2.32. The number of hydrogen-bond acceptors (Lipinski definition) is 2. The molecule has 21 heavy (non-hydrogen) atoms.